The maximum atomic E-state index is 12.7. The molecular formula is C21H23NO6S. The second kappa shape index (κ2) is 10.4. The highest BCUT2D eigenvalue weighted by Gasteiger charge is 2.22. The maximum absolute atomic E-state index is 12.7. The van der Waals surface area contributed by atoms with Crippen molar-refractivity contribution < 1.29 is 27.5 Å². The zero-order valence-corrected chi connectivity index (χ0v) is 17.3. The molecule has 0 heterocycles. The van der Waals surface area contributed by atoms with Gasteiger partial charge in [0.1, 0.15) is 12.2 Å². The van der Waals surface area contributed by atoms with E-state index < -0.39 is 15.8 Å². The number of hydrogen-bond acceptors (Lipinski definition) is 7. The number of carbonyl (C=O) groups excluding carboxylic acids is 1. The van der Waals surface area contributed by atoms with Crippen molar-refractivity contribution in [1.82, 2.24) is 0 Å². The summed E-state index contributed by atoms with van der Waals surface area (Å²) in [7, 11) is -1.13. The van der Waals surface area contributed by atoms with Crippen LogP contribution in [0.15, 0.2) is 66.0 Å². The Balaban J connectivity index is 2.22. The molecule has 2 aromatic carbocycles. The molecule has 0 fully saturated rings. The van der Waals surface area contributed by atoms with Crippen molar-refractivity contribution in [3.05, 3.63) is 77.5 Å². The monoisotopic (exact) mass is 417 g/mol. The van der Waals surface area contributed by atoms with Crippen LogP contribution in [0.25, 0.3) is 5.57 Å². The Bertz CT molecular complexity index is 997. The molecule has 0 radical (unpaired) electrons. The van der Waals surface area contributed by atoms with Crippen LogP contribution in [-0.4, -0.2) is 33.7 Å². The second-order valence-electron chi connectivity index (χ2n) is 6.04. The smallest absolute Gasteiger partial charge is 0.341 e. The zero-order valence-electron chi connectivity index (χ0n) is 16.5. The quantitative estimate of drug-likeness (QED) is 0.163. The first-order chi connectivity index (χ1) is 13.9. The number of hydrogen-bond donors (Lipinski definition) is 0. The highest BCUT2D eigenvalue weighted by Crippen LogP contribution is 2.23. The predicted octanol–water partition coefficient (Wildman–Crippen LogP) is 3.31. The van der Waals surface area contributed by atoms with Gasteiger partial charge in [-0.15, -0.1) is 0 Å². The summed E-state index contributed by atoms with van der Waals surface area (Å²) in [5.74, 6) is -0.987. The van der Waals surface area contributed by atoms with Crippen LogP contribution in [0.2, 0.25) is 0 Å². The molecule has 8 heteroatoms. The summed E-state index contributed by atoms with van der Waals surface area (Å²) >= 11 is 0. The number of methoxy groups -OCH3 is 2. The number of oxime groups is 1. The van der Waals surface area contributed by atoms with Gasteiger partial charge in [-0.2, -0.15) is 0 Å². The van der Waals surface area contributed by atoms with Crippen molar-refractivity contribution in [2.24, 2.45) is 5.16 Å². The standard InChI is InChI=1S/C21H23NO6S/c1-16(22-28-13-17-9-5-4-6-10-17)29(24,25)15-18-11-7-8-12-19(18)20(14-26-2)21(23)27-3/h4-12,14H,13,15H2,1-3H3. The van der Waals surface area contributed by atoms with Gasteiger partial charge in [0.15, 0.2) is 14.9 Å². The summed E-state index contributed by atoms with van der Waals surface area (Å²) in [6, 6.07) is 15.9. The molecule has 154 valence electrons. The molecule has 0 bridgehead atoms. The third kappa shape index (κ3) is 6.18. The number of benzene rings is 2. The topological polar surface area (TPSA) is 91.3 Å². The Morgan fingerprint density at radius 2 is 1.69 bits per heavy atom. The van der Waals surface area contributed by atoms with Crippen molar-refractivity contribution in [3.8, 4) is 0 Å². The van der Waals surface area contributed by atoms with Crippen molar-refractivity contribution in [2.45, 2.75) is 19.3 Å². The van der Waals surface area contributed by atoms with E-state index in [0.29, 0.717) is 11.1 Å². The normalized spacial score (nSPS) is 12.4. The average Bonchev–Trinajstić information content (AvgIpc) is 2.72. The van der Waals surface area contributed by atoms with Gasteiger partial charge in [0.05, 0.1) is 26.2 Å². The molecule has 0 aliphatic carbocycles. The van der Waals surface area contributed by atoms with E-state index in [-0.39, 0.29) is 23.0 Å². The van der Waals surface area contributed by atoms with Gasteiger partial charge >= 0.3 is 5.97 Å². The molecule has 0 unspecified atom stereocenters. The molecule has 0 amide bonds. The minimum absolute atomic E-state index is 0.121. The molecular weight excluding hydrogens is 394 g/mol. The summed E-state index contributed by atoms with van der Waals surface area (Å²) in [4.78, 5) is 17.2. The van der Waals surface area contributed by atoms with E-state index in [0.717, 1.165) is 5.56 Å². The van der Waals surface area contributed by atoms with Crippen LogP contribution in [0.5, 0.6) is 0 Å². The van der Waals surface area contributed by atoms with Gasteiger partial charge in [0, 0.05) is 0 Å². The van der Waals surface area contributed by atoms with Crippen LogP contribution in [0.3, 0.4) is 0 Å². The highest BCUT2D eigenvalue weighted by atomic mass is 32.2. The summed E-state index contributed by atoms with van der Waals surface area (Å²) in [6.45, 7) is 1.53. The molecule has 0 aliphatic heterocycles. The van der Waals surface area contributed by atoms with Gasteiger partial charge in [0.25, 0.3) is 0 Å². The molecule has 0 saturated heterocycles. The van der Waals surface area contributed by atoms with Crippen LogP contribution in [0.1, 0.15) is 23.6 Å². The number of esters is 1. The van der Waals surface area contributed by atoms with Crippen molar-refractivity contribution in [2.75, 3.05) is 14.2 Å². The van der Waals surface area contributed by atoms with Gasteiger partial charge in [0.2, 0.25) is 0 Å². The van der Waals surface area contributed by atoms with E-state index in [1.807, 2.05) is 30.3 Å². The average molecular weight is 417 g/mol. The van der Waals surface area contributed by atoms with Gasteiger partial charge in [-0.05, 0) is 23.6 Å². The first-order valence-corrected chi connectivity index (χ1v) is 10.4. The Morgan fingerprint density at radius 3 is 2.34 bits per heavy atom. The molecule has 2 aromatic rings. The van der Waals surface area contributed by atoms with Gasteiger partial charge in [-0.1, -0.05) is 59.8 Å². The lowest BCUT2D eigenvalue weighted by atomic mass is 10.0. The fourth-order valence-electron chi connectivity index (χ4n) is 2.50. The molecule has 2 rings (SSSR count). The van der Waals surface area contributed by atoms with Gasteiger partial charge < -0.3 is 14.3 Å². The highest BCUT2D eigenvalue weighted by molar-refractivity contribution is 8.05. The van der Waals surface area contributed by atoms with Crippen molar-refractivity contribution in [1.29, 1.82) is 0 Å². The zero-order chi connectivity index (χ0) is 21.3. The van der Waals surface area contributed by atoms with Crippen molar-refractivity contribution in [3.63, 3.8) is 0 Å². The third-order valence-corrected chi connectivity index (χ3v) is 5.68. The Kier molecular flexibility index (Phi) is 7.97. The van der Waals surface area contributed by atoms with Crippen LogP contribution in [-0.2, 0) is 41.3 Å². The minimum Gasteiger partial charge on any atom is -0.503 e. The van der Waals surface area contributed by atoms with E-state index in [4.69, 9.17) is 14.3 Å². The molecule has 7 nitrogen and oxygen atoms in total. The molecule has 0 saturated carbocycles. The third-order valence-electron chi connectivity index (χ3n) is 4.01. The molecule has 0 spiro atoms. The summed E-state index contributed by atoms with van der Waals surface area (Å²) in [5.41, 5.74) is 1.82. The SMILES string of the molecule is COC=C(C(=O)OC)c1ccccc1CS(=O)(=O)C(C)=NOCc1ccccc1. The molecule has 0 aliphatic rings. The first-order valence-electron chi connectivity index (χ1n) is 8.72. The van der Waals surface area contributed by atoms with Crippen LogP contribution < -0.4 is 0 Å². The van der Waals surface area contributed by atoms with Crippen LogP contribution in [0, 0.1) is 0 Å². The second-order valence-corrected chi connectivity index (χ2v) is 8.15. The number of rotatable bonds is 8. The largest absolute Gasteiger partial charge is 0.503 e. The Morgan fingerprint density at radius 1 is 1.03 bits per heavy atom. The summed E-state index contributed by atoms with van der Waals surface area (Å²) in [5, 5.41) is 3.59. The van der Waals surface area contributed by atoms with E-state index in [1.54, 1.807) is 24.3 Å². The molecule has 0 aromatic heterocycles. The van der Waals surface area contributed by atoms with Crippen molar-refractivity contribution >= 4 is 26.4 Å². The maximum Gasteiger partial charge on any atom is 0.341 e. The number of nitrogens with zero attached hydrogens (tertiary/aromatic N) is 1. The first kappa shape index (κ1) is 22.2. The number of ether oxygens (including phenoxy) is 2. The lowest BCUT2D eigenvalue weighted by Crippen LogP contribution is -2.16. The number of carbonyl (C=O) groups is 1. The summed E-state index contributed by atoms with van der Waals surface area (Å²) in [6.07, 6.45) is 1.22. The van der Waals surface area contributed by atoms with E-state index in [9.17, 15) is 13.2 Å². The predicted molar refractivity (Wildman–Crippen MR) is 110 cm³/mol. The van der Waals surface area contributed by atoms with E-state index in [1.165, 1.54) is 27.4 Å². The fraction of sp³-hybridized carbons (Fsp3) is 0.238. The minimum atomic E-state index is -3.77. The van der Waals surface area contributed by atoms with Crippen LogP contribution >= 0.6 is 0 Å². The molecule has 0 N–H and O–H groups in total. The van der Waals surface area contributed by atoms with Gasteiger partial charge in [-0.25, -0.2) is 13.2 Å². The molecule has 29 heavy (non-hydrogen) atoms. The fourth-order valence-corrected chi connectivity index (χ4v) is 3.53. The number of sulfone groups is 1. The lowest BCUT2D eigenvalue weighted by Gasteiger charge is -2.12. The summed E-state index contributed by atoms with van der Waals surface area (Å²) < 4.78 is 35.2. The van der Waals surface area contributed by atoms with E-state index >= 15 is 0 Å². The molecule has 0 atom stereocenters. The van der Waals surface area contributed by atoms with Crippen LogP contribution in [0.4, 0.5) is 0 Å². The Hall–Kier alpha value is -3.13. The Labute approximate surface area is 170 Å². The lowest BCUT2D eigenvalue weighted by molar-refractivity contribution is -0.133. The van der Waals surface area contributed by atoms with E-state index in [2.05, 4.69) is 5.16 Å². The van der Waals surface area contributed by atoms with Gasteiger partial charge in [-0.3, -0.25) is 0 Å².